The number of nitrogens with zero attached hydrogens (tertiary/aromatic N) is 4. The number of urea groups is 1. The number of methoxy groups -OCH3 is 1. The lowest BCUT2D eigenvalue weighted by Gasteiger charge is -2.29. The molecule has 0 atom stereocenters. The Kier molecular flexibility index (Phi) is 4.93. The molecule has 0 bridgehead atoms. The zero-order valence-electron chi connectivity index (χ0n) is 16.3. The van der Waals surface area contributed by atoms with Gasteiger partial charge in [-0.05, 0) is 56.0 Å². The molecule has 8 nitrogen and oxygen atoms in total. The van der Waals surface area contributed by atoms with Gasteiger partial charge in [0.25, 0.3) is 0 Å². The fourth-order valence-electron chi connectivity index (χ4n) is 3.96. The van der Waals surface area contributed by atoms with E-state index in [1.165, 1.54) is 7.11 Å². The Morgan fingerprint density at radius 2 is 2.00 bits per heavy atom. The van der Waals surface area contributed by atoms with Crippen molar-refractivity contribution >= 4 is 23.5 Å². The molecule has 0 spiro atoms. The normalized spacial score (nSPS) is 16.1. The number of benzene rings is 1. The number of hydrogen-bond donors (Lipinski definition) is 1. The highest BCUT2D eigenvalue weighted by molar-refractivity contribution is 5.92. The molecule has 1 aromatic heterocycles. The molecular weight excluding hydrogens is 358 g/mol. The molecule has 2 aliphatic heterocycles. The second-order valence-corrected chi connectivity index (χ2v) is 7.27. The van der Waals surface area contributed by atoms with Gasteiger partial charge in [0.1, 0.15) is 0 Å². The van der Waals surface area contributed by atoms with Gasteiger partial charge < -0.3 is 15.0 Å². The van der Waals surface area contributed by atoms with Crippen molar-refractivity contribution in [1.29, 1.82) is 0 Å². The Bertz CT molecular complexity index is 907. The monoisotopic (exact) mass is 383 g/mol. The molecule has 0 aliphatic carbocycles. The summed E-state index contributed by atoms with van der Waals surface area (Å²) in [4.78, 5) is 28.2. The lowest BCUT2D eigenvalue weighted by atomic mass is 10.0. The highest BCUT2D eigenvalue weighted by Gasteiger charge is 2.24. The fraction of sp³-hybridized carbons (Fsp3) is 0.450. The summed E-state index contributed by atoms with van der Waals surface area (Å²) in [5.41, 5.74) is 4.67. The van der Waals surface area contributed by atoms with Gasteiger partial charge in [-0.2, -0.15) is 5.10 Å². The number of carbonyl (C=O) groups excluding carboxylic acids is 2. The molecule has 0 unspecified atom stereocenters. The average Bonchev–Trinajstić information content (AvgIpc) is 2.92. The second kappa shape index (κ2) is 7.53. The van der Waals surface area contributed by atoms with Gasteiger partial charge in [-0.3, -0.25) is 9.58 Å². The van der Waals surface area contributed by atoms with Gasteiger partial charge in [-0.15, -0.1) is 0 Å². The number of amides is 3. The number of fused-ring (bicyclic) bond motifs is 2. The maximum Gasteiger partial charge on any atom is 0.414 e. The summed E-state index contributed by atoms with van der Waals surface area (Å²) < 4.78 is 6.86. The highest BCUT2D eigenvalue weighted by Crippen LogP contribution is 2.30. The molecule has 0 fully saturated rings. The van der Waals surface area contributed by atoms with Gasteiger partial charge in [0.05, 0.1) is 30.7 Å². The van der Waals surface area contributed by atoms with Gasteiger partial charge in [0, 0.05) is 25.3 Å². The maximum absolute atomic E-state index is 12.8. The predicted octanol–water partition coefficient (Wildman–Crippen LogP) is 3.15. The number of anilines is 2. The molecule has 0 saturated heterocycles. The molecule has 0 radical (unpaired) electrons. The molecule has 4 rings (SSSR count). The van der Waals surface area contributed by atoms with Crippen molar-refractivity contribution in [3.8, 4) is 0 Å². The molecule has 148 valence electrons. The molecule has 2 aromatic rings. The summed E-state index contributed by atoms with van der Waals surface area (Å²) in [6.07, 6.45) is 2.26. The Morgan fingerprint density at radius 3 is 2.82 bits per heavy atom. The minimum Gasteiger partial charge on any atom is -0.452 e. The number of hydrogen-bond acceptors (Lipinski definition) is 4. The number of rotatable bonds is 1. The first-order valence-electron chi connectivity index (χ1n) is 9.63. The third-order valence-electron chi connectivity index (χ3n) is 5.27. The van der Waals surface area contributed by atoms with Crippen molar-refractivity contribution in [2.24, 2.45) is 0 Å². The number of aromatic nitrogens is 2. The number of ether oxygens (including phenoxy) is 1. The van der Waals surface area contributed by atoms with Crippen LogP contribution in [0.2, 0.25) is 0 Å². The first-order chi connectivity index (χ1) is 13.5. The molecule has 3 amide bonds. The molecular formula is C20H25N5O3. The second-order valence-electron chi connectivity index (χ2n) is 7.27. The van der Waals surface area contributed by atoms with E-state index in [0.29, 0.717) is 19.6 Å². The zero-order chi connectivity index (χ0) is 19.7. The largest absolute Gasteiger partial charge is 0.452 e. The van der Waals surface area contributed by atoms with Crippen molar-refractivity contribution < 1.29 is 14.3 Å². The number of nitrogens with one attached hydrogen (secondary N) is 1. The molecule has 0 saturated carbocycles. The van der Waals surface area contributed by atoms with E-state index in [9.17, 15) is 9.59 Å². The van der Waals surface area contributed by atoms with Crippen LogP contribution in [0.1, 0.15) is 29.8 Å². The first-order valence-corrected chi connectivity index (χ1v) is 9.63. The molecule has 1 aromatic carbocycles. The van der Waals surface area contributed by atoms with E-state index in [1.54, 1.807) is 4.90 Å². The van der Waals surface area contributed by atoms with E-state index in [4.69, 9.17) is 4.74 Å². The van der Waals surface area contributed by atoms with Gasteiger partial charge >= 0.3 is 12.1 Å². The molecule has 3 heterocycles. The van der Waals surface area contributed by atoms with Gasteiger partial charge in [-0.25, -0.2) is 9.59 Å². The van der Waals surface area contributed by atoms with Crippen LogP contribution in [0, 0.1) is 6.92 Å². The molecule has 28 heavy (non-hydrogen) atoms. The summed E-state index contributed by atoms with van der Waals surface area (Å²) >= 11 is 0. The molecule has 2 aliphatic rings. The van der Waals surface area contributed by atoms with E-state index in [2.05, 4.69) is 10.4 Å². The number of carbonyl (C=O) groups is 2. The van der Waals surface area contributed by atoms with Gasteiger partial charge in [-0.1, -0.05) is 0 Å². The summed E-state index contributed by atoms with van der Waals surface area (Å²) in [7, 11) is 1.39. The Balaban J connectivity index is 1.48. The van der Waals surface area contributed by atoms with E-state index >= 15 is 0 Å². The van der Waals surface area contributed by atoms with E-state index in [0.717, 1.165) is 54.1 Å². The van der Waals surface area contributed by atoms with Crippen molar-refractivity contribution in [2.75, 3.05) is 30.4 Å². The standard InChI is InChI=1S/C20H25N5O3/c1-14-11-17-13-23(8-4-10-25(17)22-14)19(26)21-16-6-7-18-15(12-16)5-3-9-24(18)20(27)28-2/h6-7,11-12H,3-5,8-10,13H2,1-2H3,(H,21,26). The molecule has 8 heteroatoms. The van der Waals surface area contributed by atoms with Crippen LogP contribution in [0.15, 0.2) is 24.3 Å². The van der Waals surface area contributed by atoms with Crippen LogP contribution >= 0.6 is 0 Å². The van der Waals surface area contributed by atoms with E-state index < -0.39 is 0 Å². The van der Waals surface area contributed by atoms with Crippen molar-refractivity contribution in [2.45, 2.75) is 39.3 Å². The topological polar surface area (TPSA) is 79.7 Å². The predicted molar refractivity (Wildman–Crippen MR) is 106 cm³/mol. The Morgan fingerprint density at radius 1 is 1.14 bits per heavy atom. The SMILES string of the molecule is COC(=O)N1CCCc2cc(NC(=O)N3CCCn4nc(C)cc4C3)ccc21. The van der Waals surface area contributed by atoms with Crippen molar-refractivity contribution in [3.05, 3.63) is 41.2 Å². The van der Waals surface area contributed by atoms with Crippen LogP contribution in [0.4, 0.5) is 21.0 Å². The maximum atomic E-state index is 12.8. The van der Waals surface area contributed by atoms with Gasteiger partial charge in [0.2, 0.25) is 0 Å². The lowest BCUT2D eigenvalue weighted by molar-refractivity contribution is 0.178. The average molecular weight is 383 g/mol. The van der Waals surface area contributed by atoms with Crippen LogP contribution in [0.5, 0.6) is 0 Å². The molecule has 1 N–H and O–H groups in total. The van der Waals surface area contributed by atoms with Crippen molar-refractivity contribution in [1.82, 2.24) is 14.7 Å². The highest BCUT2D eigenvalue weighted by atomic mass is 16.5. The van der Waals surface area contributed by atoms with Crippen LogP contribution in [-0.2, 0) is 24.2 Å². The Labute approximate surface area is 164 Å². The minimum absolute atomic E-state index is 0.118. The number of aryl methyl sites for hydroxylation is 3. The van der Waals surface area contributed by atoms with Gasteiger partial charge in [0.15, 0.2) is 0 Å². The van der Waals surface area contributed by atoms with Crippen LogP contribution in [-0.4, -0.2) is 47.0 Å². The Hall–Kier alpha value is -3.03. The lowest BCUT2D eigenvalue weighted by Crippen LogP contribution is -2.36. The van der Waals surface area contributed by atoms with Crippen molar-refractivity contribution in [3.63, 3.8) is 0 Å². The quantitative estimate of drug-likeness (QED) is 0.820. The summed E-state index contributed by atoms with van der Waals surface area (Å²) in [5, 5.41) is 7.49. The van der Waals surface area contributed by atoms with Crippen LogP contribution in [0.25, 0.3) is 0 Å². The van der Waals surface area contributed by atoms with Crippen LogP contribution < -0.4 is 10.2 Å². The van der Waals surface area contributed by atoms with Crippen LogP contribution in [0.3, 0.4) is 0 Å². The fourth-order valence-corrected chi connectivity index (χ4v) is 3.96. The zero-order valence-corrected chi connectivity index (χ0v) is 16.3. The minimum atomic E-state index is -0.353. The third-order valence-corrected chi connectivity index (χ3v) is 5.27. The van der Waals surface area contributed by atoms with E-state index in [1.807, 2.05) is 40.8 Å². The summed E-state index contributed by atoms with van der Waals surface area (Å²) in [5.74, 6) is 0. The van der Waals surface area contributed by atoms with E-state index in [-0.39, 0.29) is 12.1 Å². The summed E-state index contributed by atoms with van der Waals surface area (Å²) in [6.45, 7) is 4.68. The first kappa shape index (κ1) is 18.3. The smallest absolute Gasteiger partial charge is 0.414 e. The third kappa shape index (κ3) is 3.54. The summed E-state index contributed by atoms with van der Waals surface area (Å²) in [6, 6.07) is 7.58.